The van der Waals surface area contributed by atoms with Crippen LogP contribution in [0, 0.1) is 0 Å². The van der Waals surface area contributed by atoms with Gasteiger partial charge in [-0.05, 0) is 18.9 Å². The van der Waals surface area contributed by atoms with Gasteiger partial charge in [0.25, 0.3) is 0 Å². The molecule has 0 radical (unpaired) electrons. The van der Waals surface area contributed by atoms with E-state index in [2.05, 4.69) is 5.32 Å². The molecule has 1 saturated heterocycles. The number of carbonyl (C=O) groups excluding carboxylic acids is 2. The molecular formula is C13H15NO3. The summed E-state index contributed by atoms with van der Waals surface area (Å²) in [6.07, 6.45) is 0.626. The topological polar surface area (TPSA) is 55.4 Å². The first kappa shape index (κ1) is 11.8. The number of rotatable bonds is 3. The quantitative estimate of drug-likeness (QED) is 0.791. The first-order valence-corrected chi connectivity index (χ1v) is 5.63. The highest BCUT2D eigenvalue weighted by Crippen LogP contribution is 2.13. The largest absolute Gasteiger partial charge is 0.369 e. The van der Waals surface area contributed by atoms with E-state index < -0.39 is 0 Å². The summed E-state index contributed by atoms with van der Waals surface area (Å²) in [5, 5.41) is 2.86. The molecule has 1 N–H and O–H groups in total. The maximum atomic E-state index is 11.5. The highest BCUT2D eigenvalue weighted by molar-refractivity contribution is 5.95. The molecule has 1 aliphatic rings. The predicted molar refractivity (Wildman–Crippen MR) is 62.9 cm³/mol. The van der Waals surface area contributed by atoms with Crippen LogP contribution in [0.25, 0.3) is 0 Å². The number of amides is 1. The van der Waals surface area contributed by atoms with Crippen molar-refractivity contribution in [3.8, 4) is 0 Å². The maximum Gasteiger partial charge on any atom is 0.246 e. The van der Waals surface area contributed by atoms with Gasteiger partial charge in [-0.3, -0.25) is 9.59 Å². The summed E-state index contributed by atoms with van der Waals surface area (Å²) in [6, 6.07) is 7.42. The van der Waals surface area contributed by atoms with Gasteiger partial charge in [-0.25, -0.2) is 0 Å². The van der Waals surface area contributed by atoms with Crippen LogP contribution in [0.2, 0.25) is 0 Å². The first-order valence-electron chi connectivity index (χ1n) is 5.63. The van der Waals surface area contributed by atoms with Crippen LogP contribution in [-0.2, 0) is 16.0 Å². The molecule has 0 bridgehead atoms. The number of hydrogen-bond acceptors (Lipinski definition) is 3. The fraction of sp³-hybridized carbons (Fsp3) is 0.385. The molecule has 2 rings (SSSR count). The number of ether oxygens (including phenoxy) is 1. The monoisotopic (exact) mass is 233 g/mol. The lowest BCUT2D eigenvalue weighted by atomic mass is 9.98. The lowest BCUT2D eigenvalue weighted by Crippen LogP contribution is -2.46. The number of benzene rings is 1. The molecule has 4 nitrogen and oxygen atoms in total. The van der Waals surface area contributed by atoms with Crippen molar-refractivity contribution in [1.82, 2.24) is 5.32 Å². The van der Waals surface area contributed by atoms with Gasteiger partial charge in [0.05, 0.1) is 12.6 Å². The molecular weight excluding hydrogens is 218 g/mol. The summed E-state index contributed by atoms with van der Waals surface area (Å²) in [5.74, 6) is -0.0507. The summed E-state index contributed by atoms with van der Waals surface area (Å²) in [7, 11) is 0. The molecule has 1 amide bonds. The van der Waals surface area contributed by atoms with E-state index in [0.29, 0.717) is 18.6 Å². The summed E-state index contributed by atoms with van der Waals surface area (Å²) in [4.78, 5) is 22.6. The zero-order valence-corrected chi connectivity index (χ0v) is 9.73. The van der Waals surface area contributed by atoms with Crippen molar-refractivity contribution in [2.75, 3.05) is 13.2 Å². The van der Waals surface area contributed by atoms with Crippen LogP contribution in [-0.4, -0.2) is 30.9 Å². The van der Waals surface area contributed by atoms with Gasteiger partial charge in [0.15, 0.2) is 5.78 Å². The number of morpholine rings is 1. The number of Topliss-reactive ketones (excluding diaryl/α,β-unsaturated/α-hetero) is 1. The Morgan fingerprint density at radius 1 is 1.47 bits per heavy atom. The number of hydrogen-bond donors (Lipinski definition) is 1. The second kappa shape index (κ2) is 5.10. The van der Waals surface area contributed by atoms with Gasteiger partial charge in [-0.2, -0.15) is 0 Å². The maximum absolute atomic E-state index is 11.5. The van der Waals surface area contributed by atoms with E-state index in [1.54, 1.807) is 6.92 Å². The molecule has 0 saturated carbocycles. The van der Waals surface area contributed by atoms with Gasteiger partial charge >= 0.3 is 0 Å². The van der Waals surface area contributed by atoms with Gasteiger partial charge in [0.2, 0.25) is 5.91 Å². The average molecular weight is 233 g/mol. The number of ketones is 1. The van der Waals surface area contributed by atoms with E-state index in [9.17, 15) is 9.59 Å². The molecule has 0 spiro atoms. The minimum Gasteiger partial charge on any atom is -0.369 e. The van der Waals surface area contributed by atoms with E-state index in [0.717, 1.165) is 5.56 Å². The van der Waals surface area contributed by atoms with Crippen LogP contribution in [0.5, 0.6) is 0 Å². The molecule has 1 aliphatic heterocycles. The molecule has 1 heterocycles. The Kier molecular flexibility index (Phi) is 3.54. The molecule has 1 atom stereocenters. The van der Waals surface area contributed by atoms with Gasteiger partial charge in [-0.15, -0.1) is 0 Å². The minimum absolute atomic E-state index is 0.0447. The van der Waals surface area contributed by atoms with Crippen molar-refractivity contribution >= 4 is 11.7 Å². The molecule has 1 fully saturated rings. The third kappa shape index (κ3) is 2.91. The number of nitrogens with one attached hydrogen (secondary N) is 1. The van der Waals surface area contributed by atoms with Crippen LogP contribution in [0.15, 0.2) is 24.3 Å². The van der Waals surface area contributed by atoms with Crippen LogP contribution in [0.1, 0.15) is 22.8 Å². The fourth-order valence-electron chi connectivity index (χ4n) is 2.02. The Morgan fingerprint density at radius 3 is 2.94 bits per heavy atom. The summed E-state index contributed by atoms with van der Waals surface area (Å²) in [5.41, 5.74) is 1.67. The lowest BCUT2D eigenvalue weighted by Gasteiger charge is -2.24. The van der Waals surface area contributed by atoms with Crippen LogP contribution < -0.4 is 5.32 Å². The third-order valence-corrected chi connectivity index (χ3v) is 2.78. The SMILES string of the molecule is CC(=O)c1ccccc1CC1COCC(=O)N1. The Morgan fingerprint density at radius 2 is 2.24 bits per heavy atom. The standard InChI is InChI=1S/C13H15NO3/c1-9(15)12-5-3-2-4-10(12)6-11-7-17-8-13(16)14-11/h2-5,11H,6-8H2,1H3,(H,14,16). The van der Waals surface area contributed by atoms with E-state index in [4.69, 9.17) is 4.74 Å². The molecule has 0 aliphatic carbocycles. The van der Waals surface area contributed by atoms with Crippen molar-refractivity contribution in [2.24, 2.45) is 0 Å². The van der Waals surface area contributed by atoms with Gasteiger partial charge < -0.3 is 10.1 Å². The second-order valence-electron chi connectivity index (χ2n) is 4.20. The lowest BCUT2D eigenvalue weighted by molar-refractivity contribution is -0.131. The fourth-order valence-corrected chi connectivity index (χ4v) is 2.02. The van der Waals surface area contributed by atoms with Gasteiger partial charge in [0.1, 0.15) is 6.61 Å². The van der Waals surface area contributed by atoms with E-state index >= 15 is 0 Å². The summed E-state index contributed by atoms with van der Waals surface area (Å²) < 4.78 is 5.17. The van der Waals surface area contributed by atoms with Gasteiger partial charge in [-0.1, -0.05) is 24.3 Å². The predicted octanol–water partition coefficient (Wildman–Crippen LogP) is 0.947. The van der Waals surface area contributed by atoms with Gasteiger partial charge in [0, 0.05) is 5.56 Å². The number of carbonyl (C=O) groups is 2. The zero-order valence-electron chi connectivity index (χ0n) is 9.73. The van der Waals surface area contributed by atoms with E-state index in [-0.39, 0.29) is 24.3 Å². The van der Waals surface area contributed by atoms with Crippen molar-refractivity contribution in [3.63, 3.8) is 0 Å². The molecule has 1 aromatic rings. The third-order valence-electron chi connectivity index (χ3n) is 2.78. The average Bonchev–Trinajstić information content (AvgIpc) is 2.29. The molecule has 90 valence electrons. The molecule has 1 unspecified atom stereocenters. The Hall–Kier alpha value is -1.68. The first-order chi connectivity index (χ1) is 8.16. The van der Waals surface area contributed by atoms with Crippen LogP contribution in [0.3, 0.4) is 0 Å². The smallest absolute Gasteiger partial charge is 0.246 e. The van der Waals surface area contributed by atoms with Crippen molar-refractivity contribution in [3.05, 3.63) is 35.4 Å². The normalized spacial score (nSPS) is 19.8. The van der Waals surface area contributed by atoms with Crippen molar-refractivity contribution in [1.29, 1.82) is 0 Å². The Balaban J connectivity index is 2.12. The molecule has 17 heavy (non-hydrogen) atoms. The van der Waals surface area contributed by atoms with Crippen molar-refractivity contribution < 1.29 is 14.3 Å². The Bertz CT molecular complexity index is 442. The second-order valence-corrected chi connectivity index (χ2v) is 4.20. The van der Waals surface area contributed by atoms with Crippen LogP contribution in [0.4, 0.5) is 0 Å². The van der Waals surface area contributed by atoms with Crippen LogP contribution >= 0.6 is 0 Å². The highest BCUT2D eigenvalue weighted by atomic mass is 16.5. The van der Waals surface area contributed by atoms with E-state index in [1.165, 1.54) is 0 Å². The minimum atomic E-state index is -0.0958. The highest BCUT2D eigenvalue weighted by Gasteiger charge is 2.20. The molecule has 1 aromatic carbocycles. The molecule has 4 heteroatoms. The summed E-state index contributed by atoms with van der Waals surface area (Å²) in [6.45, 7) is 2.18. The van der Waals surface area contributed by atoms with E-state index in [1.807, 2.05) is 24.3 Å². The summed E-state index contributed by atoms with van der Waals surface area (Å²) >= 11 is 0. The molecule has 0 aromatic heterocycles. The van der Waals surface area contributed by atoms with Crippen molar-refractivity contribution in [2.45, 2.75) is 19.4 Å². The Labute approximate surface area is 100.0 Å². The zero-order chi connectivity index (χ0) is 12.3.